The van der Waals surface area contributed by atoms with Crippen LogP contribution in [0.2, 0.25) is 0 Å². The Labute approximate surface area is 212 Å². The van der Waals surface area contributed by atoms with Gasteiger partial charge in [-0.1, -0.05) is 78.6 Å². The third-order valence-corrected chi connectivity index (χ3v) is 5.34. The number of hydrogen-bond donors (Lipinski definition) is 1. The number of methoxy groups -OCH3 is 1. The molecule has 0 amide bonds. The average Bonchev–Trinajstić information content (AvgIpc) is 2.82. The van der Waals surface area contributed by atoms with Gasteiger partial charge in [0.2, 0.25) is 0 Å². The Balaban J connectivity index is 0. The zero-order valence-electron chi connectivity index (χ0n) is 23.9. The van der Waals surface area contributed by atoms with Gasteiger partial charge in [0.25, 0.3) is 0 Å². The fourth-order valence-corrected chi connectivity index (χ4v) is 3.38. The van der Waals surface area contributed by atoms with Crippen molar-refractivity contribution in [2.45, 2.75) is 137 Å². The molecular weight excluding hydrogens is 432 g/mol. The molecule has 0 aromatic carbocycles. The van der Waals surface area contributed by atoms with Crippen LogP contribution in [0.15, 0.2) is 0 Å². The number of ether oxygens (including phenoxy) is 5. The van der Waals surface area contributed by atoms with Crippen LogP contribution in [0, 0.1) is 0 Å². The number of aliphatic hydroxyl groups excluding tert-OH is 1. The molecule has 0 unspecified atom stereocenters. The van der Waals surface area contributed by atoms with E-state index in [2.05, 4.69) is 39.4 Å². The molecule has 1 rings (SSSR count). The maximum Gasteiger partial charge on any atom is 0.157 e. The number of aliphatic hydroxyl groups is 1. The quantitative estimate of drug-likeness (QED) is 0.210. The van der Waals surface area contributed by atoms with Gasteiger partial charge >= 0.3 is 0 Å². The highest BCUT2D eigenvalue weighted by Gasteiger charge is 2.28. The van der Waals surface area contributed by atoms with Crippen LogP contribution in [-0.4, -0.2) is 69.9 Å². The van der Waals surface area contributed by atoms with E-state index in [1.807, 2.05) is 6.92 Å². The number of rotatable bonds is 18. The van der Waals surface area contributed by atoms with Crippen molar-refractivity contribution in [3.8, 4) is 0 Å². The summed E-state index contributed by atoms with van der Waals surface area (Å²) in [5, 5.41) is 8.74. The highest BCUT2D eigenvalue weighted by molar-refractivity contribution is 4.73. The zero-order chi connectivity index (χ0) is 25.9. The monoisotopic (exact) mass is 492 g/mol. The van der Waals surface area contributed by atoms with Crippen molar-refractivity contribution < 1.29 is 28.8 Å². The van der Waals surface area contributed by atoms with E-state index < -0.39 is 0 Å². The second-order valence-corrected chi connectivity index (χ2v) is 9.58. The maximum atomic E-state index is 8.74. The molecule has 0 spiro atoms. The second-order valence-electron chi connectivity index (χ2n) is 9.58. The first-order valence-corrected chi connectivity index (χ1v) is 14.0. The van der Waals surface area contributed by atoms with Crippen LogP contribution in [0.3, 0.4) is 0 Å². The van der Waals surface area contributed by atoms with Crippen molar-refractivity contribution >= 4 is 0 Å². The van der Waals surface area contributed by atoms with Crippen LogP contribution in [0.5, 0.6) is 0 Å². The maximum absolute atomic E-state index is 8.74. The summed E-state index contributed by atoms with van der Waals surface area (Å²) >= 11 is 0. The van der Waals surface area contributed by atoms with Crippen LogP contribution >= 0.6 is 0 Å². The molecule has 6 nitrogen and oxygen atoms in total. The smallest absolute Gasteiger partial charge is 0.157 e. The van der Waals surface area contributed by atoms with Crippen LogP contribution in [0.1, 0.15) is 119 Å². The van der Waals surface area contributed by atoms with Crippen LogP contribution in [0.25, 0.3) is 0 Å². The first kappa shape index (κ1) is 35.9. The molecule has 1 aliphatic heterocycles. The molecule has 1 saturated heterocycles. The summed E-state index contributed by atoms with van der Waals surface area (Å²) in [6, 6.07) is 0. The van der Waals surface area contributed by atoms with Gasteiger partial charge in [-0.05, 0) is 40.0 Å². The largest absolute Gasteiger partial charge is 0.394 e. The summed E-state index contributed by atoms with van der Waals surface area (Å²) in [6.07, 6.45) is 15.0. The van der Waals surface area contributed by atoms with Gasteiger partial charge in [0.15, 0.2) is 6.29 Å². The van der Waals surface area contributed by atoms with Gasteiger partial charge in [-0.3, -0.25) is 0 Å². The van der Waals surface area contributed by atoms with Gasteiger partial charge in [0.1, 0.15) is 6.10 Å². The first-order valence-electron chi connectivity index (χ1n) is 14.0. The van der Waals surface area contributed by atoms with E-state index in [9.17, 15) is 0 Å². The van der Waals surface area contributed by atoms with E-state index in [1.54, 1.807) is 7.11 Å². The Morgan fingerprint density at radius 1 is 0.824 bits per heavy atom. The summed E-state index contributed by atoms with van der Waals surface area (Å²) in [5.41, 5.74) is -0.281. The third-order valence-electron chi connectivity index (χ3n) is 5.34. The fourth-order valence-electron chi connectivity index (χ4n) is 3.38. The highest BCUT2D eigenvalue weighted by Crippen LogP contribution is 2.22. The molecule has 1 heterocycles. The topological polar surface area (TPSA) is 66.4 Å². The molecule has 0 bridgehead atoms. The second kappa shape index (κ2) is 27.3. The van der Waals surface area contributed by atoms with E-state index in [-0.39, 0.29) is 24.6 Å². The summed E-state index contributed by atoms with van der Waals surface area (Å²) < 4.78 is 27.7. The first-order chi connectivity index (χ1) is 16.4. The molecule has 0 aromatic rings. The van der Waals surface area contributed by atoms with Gasteiger partial charge in [-0.15, -0.1) is 0 Å². The normalized spacial score (nSPS) is 18.0. The molecule has 0 aromatic heterocycles. The Morgan fingerprint density at radius 2 is 1.32 bits per heavy atom. The minimum absolute atomic E-state index is 0.0165. The summed E-state index contributed by atoms with van der Waals surface area (Å²) in [7, 11) is 1.68. The Hall–Kier alpha value is -0.240. The lowest BCUT2D eigenvalue weighted by Crippen LogP contribution is -2.42. The fraction of sp³-hybridized carbons (Fsp3) is 1.00. The molecule has 0 saturated carbocycles. The Bertz CT molecular complexity index is 368. The van der Waals surface area contributed by atoms with Crippen molar-refractivity contribution in [2.75, 3.05) is 46.8 Å². The van der Waals surface area contributed by atoms with Crippen LogP contribution < -0.4 is 0 Å². The highest BCUT2D eigenvalue weighted by atomic mass is 16.7. The summed E-state index contributed by atoms with van der Waals surface area (Å²) in [4.78, 5) is 0. The minimum atomic E-state index is -0.281. The van der Waals surface area contributed by atoms with Crippen molar-refractivity contribution in [1.82, 2.24) is 0 Å². The number of hydrogen-bond acceptors (Lipinski definition) is 6. The molecule has 0 atom stereocenters. The van der Waals surface area contributed by atoms with Crippen molar-refractivity contribution in [3.05, 3.63) is 0 Å². The van der Waals surface area contributed by atoms with Crippen LogP contribution in [-0.2, 0) is 23.7 Å². The molecule has 6 heteroatoms. The Kier molecular flexibility index (Phi) is 28.9. The van der Waals surface area contributed by atoms with E-state index in [1.165, 1.54) is 64.2 Å². The predicted octanol–water partition coefficient (Wildman–Crippen LogP) is 6.91. The van der Waals surface area contributed by atoms with Gasteiger partial charge < -0.3 is 28.8 Å². The van der Waals surface area contributed by atoms with Gasteiger partial charge in [-0.25, -0.2) is 0 Å². The van der Waals surface area contributed by atoms with Crippen molar-refractivity contribution in [2.24, 2.45) is 0 Å². The van der Waals surface area contributed by atoms with E-state index in [0.717, 1.165) is 19.4 Å². The molecule has 1 aliphatic rings. The van der Waals surface area contributed by atoms with Gasteiger partial charge in [0.05, 0.1) is 32.0 Å². The summed E-state index contributed by atoms with van der Waals surface area (Å²) in [5.74, 6) is 0. The SMILES string of the molecule is CCC.CCCCCCCCCCCC1OCC(OC(C)(C)CCOCCO)CO1.CCOC. The lowest BCUT2D eigenvalue weighted by Gasteiger charge is -2.35. The Morgan fingerprint density at radius 3 is 1.79 bits per heavy atom. The lowest BCUT2D eigenvalue weighted by molar-refractivity contribution is -0.247. The molecule has 0 aliphatic carbocycles. The number of unbranched alkanes of at least 4 members (excludes halogenated alkanes) is 8. The zero-order valence-corrected chi connectivity index (χ0v) is 23.9. The molecular formula is C28H60O6. The predicted molar refractivity (Wildman–Crippen MR) is 143 cm³/mol. The third kappa shape index (κ3) is 26.4. The van der Waals surface area contributed by atoms with Gasteiger partial charge in [-0.2, -0.15) is 0 Å². The van der Waals surface area contributed by atoms with E-state index in [4.69, 9.17) is 24.1 Å². The molecule has 208 valence electrons. The van der Waals surface area contributed by atoms with E-state index in [0.29, 0.717) is 26.4 Å². The van der Waals surface area contributed by atoms with Crippen molar-refractivity contribution in [1.29, 1.82) is 0 Å². The van der Waals surface area contributed by atoms with Crippen molar-refractivity contribution in [3.63, 3.8) is 0 Å². The summed E-state index contributed by atoms with van der Waals surface area (Å²) in [6.45, 7) is 15.6. The molecule has 1 fully saturated rings. The minimum Gasteiger partial charge on any atom is -0.394 e. The molecule has 34 heavy (non-hydrogen) atoms. The lowest BCUT2D eigenvalue weighted by atomic mass is 10.1. The standard InChI is InChI=1S/C22H44O5.C3H8O.C3H8/c1-4-5-6-7-8-9-10-11-12-13-21-25-18-20(19-26-21)27-22(2,3)14-16-24-17-15-23;1-3-4-2;1-3-2/h20-21,23H,4-19H2,1-3H3;3H2,1-2H3;3H2,1-2H3. The van der Waals surface area contributed by atoms with Gasteiger partial charge in [0, 0.05) is 20.3 Å². The van der Waals surface area contributed by atoms with Crippen LogP contribution in [0.4, 0.5) is 0 Å². The molecule has 1 N–H and O–H groups in total. The molecule has 0 radical (unpaired) electrons. The average molecular weight is 493 g/mol. The van der Waals surface area contributed by atoms with E-state index >= 15 is 0 Å².